The van der Waals surface area contributed by atoms with Crippen LogP contribution in [0.1, 0.15) is 58.2 Å². The first-order valence-electron chi connectivity index (χ1n) is 9.67. The van der Waals surface area contributed by atoms with Crippen molar-refractivity contribution in [3.8, 4) is 16.9 Å². The van der Waals surface area contributed by atoms with Gasteiger partial charge in [0.15, 0.2) is 0 Å². The quantitative estimate of drug-likeness (QED) is 0.391. The lowest BCUT2D eigenvalue weighted by atomic mass is 9.83. The topological polar surface area (TPSA) is 9.23 Å². The predicted octanol–water partition coefficient (Wildman–Crippen LogP) is 7.54. The molecule has 28 heavy (non-hydrogen) atoms. The lowest BCUT2D eigenvalue weighted by molar-refractivity contribution is -0.185. The van der Waals surface area contributed by atoms with Crippen LogP contribution in [0.15, 0.2) is 48.5 Å². The number of alkyl halides is 2. The van der Waals surface area contributed by atoms with Gasteiger partial charge in [-0.2, -0.15) is 8.78 Å². The van der Waals surface area contributed by atoms with E-state index in [4.69, 9.17) is 4.74 Å². The summed E-state index contributed by atoms with van der Waals surface area (Å²) in [6, 6.07) is 15.1. The first-order chi connectivity index (χ1) is 12.9. The Morgan fingerprint density at radius 2 is 1.29 bits per heavy atom. The van der Waals surface area contributed by atoms with E-state index in [2.05, 4.69) is 41.5 Å². The van der Waals surface area contributed by atoms with Crippen LogP contribution in [0.4, 0.5) is 8.78 Å². The number of rotatable bonds is 0. The van der Waals surface area contributed by atoms with Gasteiger partial charge in [0.05, 0.1) is 5.56 Å². The summed E-state index contributed by atoms with van der Waals surface area (Å²) in [4.78, 5) is 0. The first kappa shape index (κ1) is 18.9. The fraction of sp³-hybridized carbons (Fsp3) is 0.360. The lowest BCUT2D eigenvalue weighted by Crippen LogP contribution is -2.27. The average Bonchev–Trinajstić information content (AvgIpc) is 2.58. The maximum atomic E-state index is 15.1. The SMILES string of the molecule is CC(C)(C)c1ccc2c(c1)OC(F)(F)c1c-2ccc2cc(C(C)(C)C)ccc12. The zero-order valence-electron chi connectivity index (χ0n) is 17.3. The van der Waals surface area contributed by atoms with Gasteiger partial charge in [-0.05, 0) is 44.4 Å². The summed E-state index contributed by atoms with van der Waals surface area (Å²) in [5.41, 5.74) is 3.14. The van der Waals surface area contributed by atoms with Gasteiger partial charge in [-0.25, -0.2) is 0 Å². The highest BCUT2D eigenvalue weighted by Gasteiger charge is 2.43. The van der Waals surface area contributed by atoms with Gasteiger partial charge in [0.25, 0.3) is 0 Å². The molecule has 0 spiro atoms. The minimum absolute atomic E-state index is 0.0403. The molecule has 0 aromatic heterocycles. The number of fused-ring (bicyclic) bond motifs is 5. The Morgan fingerprint density at radius 1 is 0.714 bits per heavy atom. The maximum absolute atomic E-state index is 15.1. The van der Waals surface area contributed by atoms with E-state index in [-0.39, 0.29) is 22.1 Å². The molecule has 4 rings (SSSR count). The van der Waals surface area contributed by atoms with Crippen LogP contribution >= 0.6 is 0 Å². The molecule has 0 amide bonds. The van der Waals surface area contributed by atoms with Gasteiger partial charge in [-0.3, -0.25) is 0 Å². The van der Waals surface area contributed by atoms with Crippen molar-refractivity contribution in [2.75, 3.05) is 0 Å². The average molecular weight is 380 g/mol. The number of halogens is 2. The molecule has 0 saturated carbocycles. The van der Waals surface area contributed by atoms with E-state index in [0.717, 1.165) is 22.1 Å². The van der Waals surface area contributed by atoms with Gasteiger partial charge in [-0.1, -0.05) is 84.0 Å². The zero-order chi connectivity index (χ0) is 20.5. The smallest absolute Gasteiger partial charge is 0.427 e. The Hall–Kier alpha value is -2.42. The molecule has 0 saturated heterocycles. The molecular formula is C25H26F2O. The molecule has 0 unspecified atom stereocenters. The van der Waals surface area contributed by atoms with Crippen LogP contribution in [0.3, 0.4) is 0 Å². The standard InChI is InChI=1S/C25H26F2O/c1-23(2,3)16-8-11-18-15(13-16)7-10-20-19-12-9-17(24(4,5)6)14-21(19)28-25(26,27)22(18)20/h7-14H,1-6H3. The number of hydrogen-bond acceptors (Lipinski definition) is 1. The molecule has 3 aromatic rings. The van der Waals surface area contributed by atoms with Crippen LogP contribution in [0, 0.1) is 0 Å². The minimum Gasteiger partial charge on any atom is -0.428 e. The van der Waals surface area contributed by atoms with Crippen LogP contribution in [0.5, 0.6) is 5.75 Å². The van der Waals surface area contributed by atoms with E-state index in [9.17, 15) is 0 Å². The second-order valence-corrected chi connectivity index (χ2v) is 9.75. The number of ether oxygens (including phenoxy) is 1. The van der Waals surface area contributed by atoms with E-state index >= 15 is 8.78 Å². The number of benzene rings is 3. The summed E-state index contributed by atoms with van der Waals surface area (Å²) in [7, 11) is 0. The van der Waals surface area contributed by atoms with Gasteiger partial charge in [-0.15, -0.1) is 0 Å². The second kappa shape index (κ2) is 5.79. The van der Waals surface area contributed by atoms with Gasteiger partial charge in [0.1, 0.15) is 5.75 Å². The highest BCUT2D eigenvalue weighted by molar-refractivity contribution is 5.94. The van der Waals surface area contributed by atoms with Crippen molar-refractivity contribution >= 4 is 10.8 Å². The van der Waals surface area contributed by atoms with Crippen molar-refractivity contribution in [1.29, 1.82) is 0 Å². The normalized spacial score (nSPS) is 15.7. The summed E-state index contributed by atoms with van der Waals surface area (Å²) in [6.07, 6.45) is -3.37. The molecule has 0 fully saturated rings. The molecule has 0 N–H and O–H groups in total. The van der Waals surface area contributed by atoms with E-state index < -0.39 is 6.11 Å². The van der Waals surface area contributed by atoms with E-state index in [0.29, 0.717) is 10.9 Å². The Morgan fingerprint density at radius 3 is 1.93 bits per heavy atom. The molecule has 0 aliphatic carbocycles. The highest BCUT2D eigenvalue weighted by Crippen LogP contribution is 2.50. The van der Waals surface area contributed by atoms with Crippen molar-refractivity contribution in [2.24, 2.45) is 0 Å². The fourth-order valence-corrected chi connectivity index (χ4v) is 3.82. The Labute approximate surface area is 165 Å². The molecule has 146 valence electrons. The highest BCUT2D eigenvalue weighted by atomic mass is 19.3. The largest absolute Gasteiger partial charge is 0.428 e. The Kier molecular flexibility index (Phi) is 3.91. The van der Waals surface area contributed by atoms with Crippen LogP contribution in [-0.4, -0.2) is 0 Å². The third-order valence-corrected chi connectivity index (χ3v) is 5.55. The number of hydrogen-bond donors (Lipinski definition) is 0. The third kappa shape index (κ3) is 2.97. The molecule has 0 bridgehead atoms. The Balaban J connectivity index is 1.97. The van der Waals surface area contributed by atoms with E-state index in [1.165, 1.54) is 0 Å². The first-order valence-corrected chi connectivity index (χ1v) is 9.67. The van der Waals surface area contributed by atoms with Crippen LogP contribution in [0.25, 0.3) is 21.9 Å². The van der Waals surface area contributed by atoms with Crippen molar-refractivity contribution in [3.05, 3.63) is 65.2 Å². The maximum Gasteiger partial charge on any atom is 0.427 e. The third-order valence-electron chi connectivity index (χ3n) is 5.55. The minimum atomic E-state index is -3.37. The molecule has 0 radical (unpaired) electrons. The molecular weight excluding hydrogens is 354 g/mol. The summed E-state index contributed by atoms with van der Waals surface area (Å²) in [6.45, 7) is 12.5. The van der Waals surface area contributed by atoms with Crippen molar-refractivity contribution in [3.63, 3.8) is 0 Å². The van der Waals surface area contributed by atoms with Crippen molar-refractivity contribution in [2.45, 2.75) is 58.5 Å². The Bertz CT molecular complexity index is 1080. The molecule has 1 aliphatic rings. The zero-order valence-corrected chi connectivity index (χ0v) is 17.3. The monoisotopic (exact) mass is 380 g/mol. The summed E-state index contributed by atoms with van der Waals surface area (Å²) in [5.74, 6) is 0.246. The van der Waals surface area contributed by atoms with Gasteiger partial charge >= 0.3 is 6.11 Å². The summed E-state index contributed by atoms with van der Waals surface area (Å²) < 4.78 is 35.5. The van der Waals surface area contributed by atoms with E-state index in [1.54, 1.807) is 18.2 Å². The van der Waals surface area contributed by atoms with Gasteiger partial charge in [0, 0.05) is 5.56 Å². The molecule has 3 heteroatoms. The van der Waals surface area contributed by atoms with Crippen LogP contribution in [-0.2, 0) is 16.9 Å². The summed E-state index contributed by atoms with van der Waals surface area (Å²) >= 11 is 0. The van der Waals surface area contributed by atoms with Crippen molar-refractivity contribution in [1.82, 2.24) is 0 Å². The molecule has 1 heterocycles. The lowest BCUT2D eigenvalue weighted by Gasteiger charge is -2.31. The molecule has 0 atom stereocenters. The van der Waals surface area contributed by atoms with Crippen molar-refractivity contribution < 1.29 is 13.5 Å². The van der Waals surface area contributed by atoms with Crippen LogP contribution < -0.4 is 4.74 Å². The fourth-order valence-electron chi connectivity index (χ4n) is 3.82. The molecule has 1 aliphatic heterocycles. The van der Waals surface area contributed by atoms with Gasteiger partial charge in [0.2, 0.25) is 0 Å². The van der Waals surface area contributed by atoms with Crippen LogP contribution in [0.2, 0.25) is 0 Å². The summed E-state index contributed by atoms with van der Waals surface area (Å²) in [5, 5.41) is 1.35. The van der Waals surface area contributed by atoms with E-state index in [1.807, 2.05) is 30.3 Å². The molecule has 1 nitrogen and oxygen atoms in total. The van der Waals surface area contributed by atoms with Gasteiger partial charge < -0.3 is 4.74 Å². The predicted molar refractivity (Wildman–Crippen MR) is 111 cm³/mol. The molecule has 3 aromatic carbocycles. The second-order valence-electron chi connectivity index (χ2n) is 9.75.